The van der Waals surface area contributed by atoms with Gasteiger partial charge in [-0.25, -0.2) is 0 Å². The molecule has 1 saturated heterocycles. The van der Waals surface area contributed by atoms with Gasteiger partial charge < -0.3 is 15.4 Å². The molecule has 13 heavy (non-hydrogen) atoms. The fourth-order valence-electron chi connectivity index (χ4n) is 1.98. The fourth-order valence-corrected chi connectivity index (χ4v) is 1.98. The van der Waals surface area contributed by atoms with Crippen LogP contribution in [0.1, 0.15) is 20.3 Å². The Morgan fingerprint density at radius 1 is 1.54 bits per heavy atom. The maximum atomic E-state index is 5.89. The SMILES string of the molecule is COCC(N)CN1CCC(C)(C)C1. The van der Waals surface area contributed by atoms with E-state index in [1.807, 2.05) is 0 Å². The second kappa shape index (κ2) is 4.40. The molecule has 2 N–H and O–H groups in total. The molecule has 1 aliphatic rings. The van der Waals surface area contributed by atoms with Gasteiger partial charge in [0.05, 0.1) is 6.61 Å². The van der Waals surface area contributed by atoms with Crippen molar-refractivity contribution in [3.8, 4) is 0 Å². The first-order valence-corrected chi connectivity index (χ1v) is 5.00. The van der Waals surface area contributed by atoms with Gasteiger partial charge in [-0.05, 0) is 18.4 Å². The Kier molecular flexibility index (Phi) is 3.71. The minimum atomic E-state index is 0.166. The predicted octanol–water partition coefficient (Wildman–Crippen LogP) is 0.692. The number of rotatable bonds is 4. The normalized spacial score (nSPS) is 24.9. The van der Waals surface area contributed by atoms with Crippen molar-refractivity contribution in [2.75, 3.05) is 33.4 Å². The summed E-state index contributed by atoms with van der Waals surface area (Å²) in [5.74, 6) is 0. The first-order valence-electron chi connectivity index (χ1n) is 5.00. The van der Waals surface area contributed by atoms with E-state index < -0.39 is 0 Å². The van der Waals surface area contributed by atoms with Gasteiger partial charge in [-0.2, -0.15) is 0 Å². The lowest BCUT2D eigenvalue weighted by molar-refractivity contribution is 0.158. The van der Waals surface area contributed by atoms with E-state index in [0.29, 0.717) is 12.0 Å². The zero-order valence-corrected chi connectivity index (χ0v) is 9.05. The van der Waals surface area contributed by atoms with Crippen molar-refractivity contribution in [1.82, 2.24) is 4.90 Å². The third-order valence-corrected chi connectivity index (χ3v) is 2.63. The molecule has 1 aliphatic heterocycles. The molecule has 1 unspecified atom stereocenters. The number of hydrogen-bond donors (Lipinski definition) is 1. The van der Waals surface area contributed by atoms with Crippen molar-refractivity contribution >= 4 is 0 Å². The molecule has 0 radical (unpaired) electrons. The van der Waals surface area contributed by atoms with E-state index in [2.05, 4.69) is 18.7 Å². The van der Waals surface area contributed by atoms with Crippen molar-refractivity contribution < 1.29 is 4.74 Å². The molecular formula is C10H22N2O. The number of hydrogen-bond acceptors (Lipinski definition) is 3. The van der Waals surface area contributed by atoms with Crippen LogP contribution in [-0.4, -0.2) is 44.3 Å². The minimum absolute atomic E-state index is 0.166. The third-order valence-electron chi connectivity index (χ3n) is 2.63. The molecule has 1 atom stereocenters. The number of nitrogens with zero attached hydrogens (tertiary/aromatic N) is 1. The van der Waals surface area contributed by atoms with Crippen LogP contribution in [0.2, 0.25) is 0 Å². The number of methoxy groups -OCH3 is 1. The molecule has 0 aromatic carbocycles. The summed E-state index contributed by atoms with van der Waals surface area (Å²) in [4.78, 5) is 2.43. The molecule has 1 fully saturated rings. The van der Waals surface area contributed by atoms with Crippen molar-refractivity contribution in [2.45, 2.75) is 26.3 Å². The second-order valence-corrected chi connectivity index (χ2v) is 4.86. The predicted molar refractivity (Wildman–Crippen MR) is 54.7 cm³/mol. The molecule has 0 spiro atoms. The lowest BCUT2D eigenvalue weighted by atomic mass is 9.93. The molecule has 0 aromatic heterocycles. The van der Waals surface area contributed by atoms with Crippen LogP contribution >= 0.6 is 0 Å². The number of likely N-dealkylation sites (tertiary alicyclic amines) is 1. The van der Waals surface area contributed by atoms with Crippen molar-refractivity contribution in [1.29, 1.82) is 0 Å². The average Bonchev–Trinajstić information content (AvgIpc) is 2.30. The highest BCUT2D eigenvalue weighted by Crippen LogP contribution is 2.28. The van der Waals surface area contributed by atoms with Crippen LogP contribution < -0.4 is 5.73 Å². The summed E-state index contributed by atoms with van der Waals surface area (Å²) < 4.78 is 5.01. The van der Waals surface area contributed by atoms with Crippen molar-refractivity contribution in [2.24, 2.45) is 11.1 Å². The smallest absolute Gasteiger partial charge is 0.0626 e. The van der Waals surface area contributed by atoms with Gasteiger partial charge in [0, 0.05) is 26.2 Å². The van der Waals surface area contributed by atoms with E-state index in [9.17, 15) is 0 Å². The summed E-state index contributed by atoms with van der Waals surface area (Å²) >= 11 is 0. The van der Waals surface area contributed by atoms with Gasteiger partial charge in [-0.15, -0.1) is 0 Å². The zero-order chi connectivity index (χ0) is 9.90. The van der Waals surface area contributed by atoms with Gasteiger partial charge in [0.15, 0.2) is 0 Å². The van der Waals surface area contributed by atoms with Gasteiger partial charge in [-0.3, -0.25) is 0 Å². The molecule has 0 saturated carbocycles. The Labute approximate surface area is 81.2 Å². The summed E-state index contributed by atoms with van der Waals surface area (Å²) in [6.45, 7) is 8.62. The van der Waals surface area contributed by atoms with Gasteiger partial charge in [0.25, 0.3) is 0 Å². The first-order chi connectivity index (χ1) is 6.03. The Balaban J connectivity index is 2.24. The summed E-state index contributed by atoms with van der Waals surface area (Å²) in [5, 5.41) is 0. The first kappa shape index (κ1) is 11.0. The molecule has 1 heterocycles. The molecular weight excluding hydrogens is 164 g/mol. The standard InChI is InChI=1S/C10H22N2O/c1-10(2)4-5-12(8-10)6-9(11)7-13-3/h9H,4-8,11H2,1-3H3. The van der Waals surface area contributed by atoms with Crippen LogP contribution in [0.5, 0.6) is 0 Å². The van der Waals surface area contributed by atoms with E-state index in [4.69, 9.17) is 10.5 Å². The summed E-state index contributed by atoms with van der Waals surface area (Å²) in [6.07, 6.45) is 1.28. The largest absolute Gasteiger partial charge is 0.383 e. The van der Waals surface area contributed by atoms with Crippen molar-refractivity contribution in [3.63, 3.8) is 0 Å². The lowest BCUT2D eigenvalue weighted by Crippen LogP contribution is -2.39. The molecule has 78 valence electrons. The summed E-state index contributed by atoms with van der Waals surface area (Å²) in [6, 6.07) is 0.166. The Hall–Kier alpha value is -0.120. The minimum Gasteiger partial charge on any atom is -0.383 e. The molecule has 0 amide bonds. The molecule has 0 aromatic rings. The molecule has 0 bridgehead atoms. The van der Waals surface area contributed by atoms with E-state index in [1.54, 1.807) is 7.11 Å². The average molecular weight is 186 g/mol. The van der Waals surface area contributed by atoms with E-state index >= 15 is 0 Å². The van der Waals surface area contributed by atoms with Gasteiger partial charge in [0.1, 0.15) is 0 Å². The van der Waals surface area contributed by atoms with Crippen LogP contribution in [0.3, 0.4) is 0 Å². The molecule has 0 aliphatic carbocycles. The summed E-state index contributed by atoms with van der Waals surface area (Å²) in [5.41, 5.74) is 6.36. The highest BCUT2D eigenvalue weighted by atomic mass is 16.5. The molecule has 3 heteroatoms. The Morgan fingerprint density at radius 3 is 2.69 bits per heavy atom. The third kappa shape index (κ3) is 3.63. The molecule has 3 nitrogen and oxygen atoms in total. The highest BCUT2D eigenvalue weighted by molar-refractivity contribution is 4.84. The molecule has 1 rings (SSSR count). The van der Waals surface area contributed by atoms with Crippen LogP contribution in [0.15, 0.2) is 0 Å². The summed E-state index contributed by atoms with van der Waals surface area (Å²) in [7, 11) is 1.70. The monoisotopic (exact) mass is 186 g/mol. The quantitative estimate of drug-likeness (QED) is 0.702. The van der Waals surface area contributed by atoms with Crippen LogP contribution in [0.4, 0.5) is 0 Å². The van der Waals surface area contributed by atoms with Crippen LogP contribution in [-0.2, 0) is 4.74 Å². The van der Waals surface area contributed by atoms with Gasteiger partial charge in [0.2, 0.25) is 0 Å². The highest BCUT2D eigenvalue weighted by Gasteiger charge is 2.29. The Bertz CT molecular complexity index is 159. The van der Waals surface area contributed by atoms with Gasteiger partial charge in [-0.1, -0.05) is 13.8 Å². The van der Waals surface area contributed by atoms with Crippen LogP contribution in [0, 0.1) is 5.41 Å². The van der Waals surface area contributed by atoms with E-state index in [-0.39, 0.29) is 6.04 Å². The maximum absolute atomic E-state index is 5.89. The van der Waals surface area contributed by atoms with Gasteiger partial charge >= 0.3 is 0 Å². The number of nitrogens with two attached hydrogens (primary N) is 1. The zero-order valence-electron chi connectivity index (χ0n) is 9.05. The van der Waals surface area contributed by atoms with Crippen molar-refractivity contribution in [3.05, 3.63) is 0 Å². The topological polar surface area (TPSA) is 38.5 Å². The van der Waals surface area contributed by atoms with E-state index in [0.717, 1.165) is 6.54 Å². The van der Waals surface area contributed by atoms with E-state index in [1.165, 1.54) is 19.5 Å². The Morgan fingerprint density at radius 2 is 2.23 bits per heavy atom. The lowest BCUT2D eigenvalue weighted by Gasteiger charge is -2.22. The maximum Gasteiger partial charge on any atom is 0.0626 e. The number of ether oxygens (including phenoxy) is 1. The second-order valence-electron chi connectivity index (χ2n) is 4.86. The fraction of sp³-hybridized carbons (Fsp3) is 1.00. The van der Waals surface area contributed by atoms with Crippen LogP contribution in [0.25, 0.3) is 0 Å².